The summed E-state index contributed by atoms with van der Waals surface area (Å²) in [6, 6.07) is 1.58. The molecule has 0 aromatic heterocycles. The molecule has 0 spiro atoms. The van der Waals surface area contributed by atoms with Crippen molar-refractivity contribution in [2.75, 3.05) is 6.61 Å². The normalized spacial score (nSPS) is 11.6. The number of nitro benzene ring substituents is 1. The Morgan fingerprint density at radius 2 is 2.38 bits per heavy atom. The van der Waals surface area contributed by atoms with Crippen LogP contribution in [0, 0.1) is 15.9 Å². The molecule has 1 aromatic carbocycles. The fraction of sp³-hybridized carbons (Fsp3) is 0.250. The number of hydrogen-bond acceptors (Lipinski definition) is 4. The molecule has 0 fully saturated rings. The Morgan fingerprint density at radius 1 is 1.69 bits per heavy atom. The van der Waals surface area contributed by atoms with Gasteiger partial charge in [-0.25, -0.2) is 4.39 Å². The number of hydrogen-bond donors (Lipinski definition) is 1. The predicted octanol–water partition coefficient (Wildman–Crippen LogP) is 2.08. The summed E-state index contributed by atoms with van der Waals surface area (Å²) in [6.07, 6.45) is 0. The largest absolute Gasteiger partial charge is 0.396 e. The van der Waals surface area contributed by atoms with E-state index in [1.165, 1.54) is 0 Å². The quantitative estimate of drug-likeness (QED) is 0.278. The molecule has 1 unspecified atom stereocenters. The zero-order chi connectivity index (χ0) is 12.1. The Morgan fingerprint density at radius 3 is 2.88 bits per heavy atom. The standard InChI is InChI=1S/C8H7FN4O3/c9-5-1-2-8(13(15)16)6(3-5)7(4-14)11-12-10/h1-3,7,14H,4H2. The topological polar surface area (TPSA) is 112 Å². The minimum absolute atomic E-state index is 0.148. The summed E-state index contributed by atoms with van der Waals surface area (Å²) in [7, 11) is 0. The van der Waals surface area contributed by atoms with Crippen LogP contribution in [0.2, 0.25) is 0 Å². The molecule has 1 N–H and O–H groups in total. The maximum Gasteiger partial charge on any atom is 0.273 e. The Balaban J connectivity index is 3.32. The monoisotopic (exact) mass is 226 g/mol. The molecule has 1 aromatic rings. The lowest BCUT2D eigenvalue weighted by atomic mass is 10.1. The number of aliphatic hydroxyl groups excluding tert-OH is 1. The van der Waals surface area contributed by atoms with Crippen molar-refractivity contribution in [2.45, 2.75) is 6.04 Å². The molecule has 1 atom stereocenters. The molecular formula is C8H7FN4O3. The van der Waals surface area contributed by atoms with Gasteiger partial charge in [-0.05, 0) is 17.7 Å². The van der Waals surface area contributed by atoms with E-state index in [9.17, 15) is 14.5 Å². The van der Waals surface area contributed by atoms with Gasteiger partial charge < -0.3 is 5.11 Å². The van der Waals surface area contributed by atoms with Crippen LogP contribution in [0.5, 0.6) is 0 Å². The summed E-state index contributed by atoms with van der Waals surface area (Å²) in [6.45, 7) is -0.631. The first-order valence-corrected chi connectivity index (χ1v) is 4.19. The van der Waals surface area contributed by atoms with Gasteiger partial charge in [0.1, 0.15) is 5.82 Å². The molecule has 0 aliphatic carbocycles. The summed E-state index contributed by atoms with van der Waals surface area (Å²) in [5.74, 6) is -0.702. The summed E-state index contributed by atoms with van der Waals surface area (Å²) in [4.78, 5) is 12.3. The lowest BCUT2D eigenvalue weighted by molar-refractivity contribution is -0.385. The van der Waals surface area contributed by atoms with Crippen molar-refractivity contribution in [3.05, 3.63) is 50.1 Å². The van der Waals surface area contributed by atoms with Crippen LogP contribution in [-0.4, -0.2) is 16.6 Å². The van der Waals surface area contributed by atoms with Gasteiger partial charge in [0, 0.05) is 16.5 Å². The lowest BCUT2D eigenvalue weighted by Crippen LogP contribution is -2.05. The Labute approximate surface area is 88.9 Å². The number of rotatable bonds is 4. The SMILES string of the molecule is [N-]=[N+]=NC(CO)c1cc(F)ccc1[N+](=O)[O-]. The number of nitro groups is 1. The molecule has 8 heteroatoms. The molecule has 0 bridgehead atoms. The highest BCUT2D eigenvalue weighted by Crippen LogP contribution is 2.28. The summed E-state index contributed by atoms with van der Waals surface area (Å²) in [5.41, 5.74) is 7.67. The molecule has 0 amide bonds. The number of azide groups is 1. The van der Waals surface area contributed by atoms with E-state index in [1.807, 2.05) is 0 Å². The molecule has 0 radical (unpaired) electrons. The van der Waals surface area contributed by atoms with Crippen LogP contribution in [0.1, 0.15) is 11.6 Å². The fourth-order valence-corrected chi connectivity index (χ4v) is 1.22. The van der Waals surface area contributed by atoms with Crippen molar-refractivity contribution in [1.82, 2.24) is 0 Å². The third-order valence-electron chi connectivity index (χ3n) is 1.91. The molecule has 0 aliphatic rings. The average molecular weight is 226 g/mol. The van der Waals surface area contributed by atoms with E-state index >= 15 is 0 Å². The predicted molar refractivity (Wildman–Crippen MR) is 52.0 cm³/mol. The molecule has 0 heterocycles. The molecule has 84 valence electrons. The van der Waals surface area contributed by atoms with Crippen LogP contribution in [0.4, 0.5) is 10.1 Å². The second-order valence-electron chi connectivity index (χ2n) is 2.86. The van der Waals surface area contributed by atoms with Gasteiger partial charge >= 0.3 is 0 Å². The summed E-state index contributed by atoms with van der Waals surface area (Å²) in [5, 5.41) is 22.7. The van der Waals surface area contributed by atoms with Gasteiger partial charge in [0.25, 0.3) is 5.69 Å². The van der Waals surface area contributed by atoms with Crippen molar-refractivity contribution in [3.8, 4) is 0 Å². The van der Waals surface area contributed by atoms with Gasteiger partial charge in [-0.2, -0.15) is 0 Å². The van der Waals surface area contributed by atoms with Gasteiger partial charge in [-0.1, -0.05) is 5.11 Å². The second kappa shape index (κ2) is 5.06. The van der Waals surface area contributed by atoms with Crippen molar-refractivity contribution in [2.24, 2.45) is 5.11 Å². The number of halogens is 1. The van der Waals surface area contributed by atoms with E-state index in [0.717, 1.165) is 18.2 Å². The first-order chi connectivity index (χ1) is 7.60. The van der Waals surface area contributed by atoms with E-state index in [-0.39, 0.29) is 5.56 Å². The Kier molecular flexibility index (Phi) is 3.76. The highest BCUT2D eigenvalue weighted by molar-refractivity contribution is 5.42. The molecule has 0 aliphatic heterocycles. The van der Waals surface area contributed by atoms with Crippen molar-refractivity contribution < 1.29 is 14.4 Å². The van der Waals surface area contributed by atoms with Crippen LogP contribution in [0.15, 0.2) is 23.3 Å². The highest BCUT2D eigenvalue weighted by atomic mass is 19.1. The van der Waals surface area contributed by atoms with Gasteiger partial charge in [-0.15, -0.1) is 0 Å². The zero-order valence-electron chi connectivity index (χ0n) is 7.95. The van der Waals surface area contributed by atoms with E-state index < -0.39 is 29.1 Å². The lowest BCUT2D eigenvalue weighted by Gasteiger charge is -2.08. The van der Waals surface area contributed by atoms with Crippen LogP contribution in [0.25, 0.3) is 10.4 Å². The molecule has 1 rings (SSSR count). The first kappa shape index (κ1) is 11.9. The number of benzene rings is 1. The van der Waals surface area contributed by atoms with E-state index in [1.54, 1.807) is 0 Å². The third kappa shape index (κ3) is 2.44. The molecule has 0 saturated heterocycles. The maximum absolute atomic E-state index is 12.9. The Bertz CT molecular complexity index is 459. The molecule has 0 saturated carbocycles. The van der Waals surface area contributed by atoms with Gasteiger partial charge in [0.15, 0.2) is 0 Å². The van der Waals surface area contributed by atoms with Crippen molar-refractivity contribution in [3.63, 3.8) is 0 Å². The van der Waals surface area contributed by atoms with Crippen LogP contribution >= 0.6 is 0 Å². The molecular weight excluding hydrogens is 219 g/mol. The summed E-state index contributed by atoms with van der Waals surface area (Å²) >= 11 is 0. The fourth-order valence-electron chi connectivity index (χ4n) is 1.22. The van der Waals surface area contributed by atoms with Crippen LogP contribution in [0.3, 0.4) is 0 Å². The minimum Gasteiger partial charge on any atom is -0.396 e. The Hall–Kier alpha value is -2.18. The van der Waals surface area contributed by atoms with Crippen molar-refractivity contribution >= 4 is 5.69 Å². The average Bonchev–Trinajstić information content (AvgIpc) is 2.25. The second-order valence-corrected chi connectivity index (χ2v) is 2.86. The van der Waals surface area contributed by atoms with Crippen LogP contribution in [-0.2, 0) is 0 Å². The van der Waals surface area contributed by atoms with E-state index in [0.29, 0.717) is 0 Å². The third-order valence-corrected chi connectivity index (χ3v) is 1.91. The molecule has 16 heavy (non-hydrogen) atoms. The number of nitrogens with zero attached hydrogens (tertiary/aromatic N) is 4. The van der Waals surface area contributed by atoms with Gasteiger partial charge in [0.05, 0.1) is 17.6 Å². The smallest absolute Gasteiger partial charge is 0.273 e. The molecule has 7 nitrogen and oxygen atoms in total. The maximum atomic E-state index is 12.9. The van der Waals surface area contributed by atoms with Crippen molar-refractivity contribution in [1.29, 1.82) is 0 Å². The minimum atomic E-state index is -1.17. The highest BCUT2D eigenvalue weighted by Gasteiger charge is 2.21. The van der Waals surface area contributed by atoms with Gasteiger partial charge in [0.2, 0.25) is 0 Å². The van der Waals surface area contributed by atoms with E-state index in [2.05, 4.69) is 10.0 Å². The van der Waals surface area contributed by atoms with Crippen LogP contribution < -0.4 is 0 Å². The zero-order valence-corrected chi connectivity index (χ0v) is 7.95. The number of aliphatic hydroxyl groups is 1. The summed E-state index contributed by atoms with van der Waals surface area (Å²) < 4.78 is 12.9. The van der Waals surface area contributed by atoms with Gasteiger partial charge in [-0.3, -0.25) is 10.1 Å². The van der Waals surface area contributed by atoms with E-state index in [4.69, 9.17) is 10.6 Å². The first-order valence-electron chi connectivity index (χ1n) is 4.19.